The Morgan fingerprint density at radius 2 is 1.69 bits per heavy atom. The van der Waals surface area contributed by atoms with E-state index in [1.54, 1.807) is 19.2 Å². The lowest BCUT2D eigenvalue weighted by atomic mass is 10.1. The Kier molecular flexibility index (Phi) is 7.49. The topological polar surface area (TPSA) is 55.8 Å². The van der Waals surface area contributed by atoms with Crippen LogP contribution < -0.4 is 4.74 Å². The van der Waals surface area contributed by atoms with Gasteiger partial charge in [0.1, 0.15) is 5.75 Å². The van der Waals surface area contributed by atoms with Crippen molar-refractivity contribution in [2.45, 2.75) is 19.1 Å². The van der Waals surface area contributed by atoms with Crippen molar-refractivity contribution in [1.29, 1.82) is 0 Å². The predicted octanol–water partition coefficient (Wildman–Crippen LogP) is 4.14. The van der Waals surface area contributed by atoms with E-state index in [0.717, 1.165) is 11.1 Å². The molecule has 3 rings (SSSR count). The van der Waals surface area contributed by atoms with E-state index in [-0.39, 0.29) is 11.8 Å². The summed E-state index contributed by atoms with van der Waals surface area (Å²) < 4.78 is 10.6. The Balaban J connectivity index is 1.85. The highest BCUT2D eigenvalue weighted by Crippen LogP contribution is 2.38. The highest BCUT2D eigenvalue weighted by Gasteiger charge is 2.38. The molecule has 2 aromatic carbocycles. The molecular weight excluding hydrogens is 386 g/mol. The molecule has 2 aromatic rings. The maximum Gasteiger partial charge on any atom is 0.267 e. The number of imide groups is 1. The average Bonchev–Trinajstić information content (AvgIpc) is 3.00. The Labute approximate surface area is 175 Å². The molecular formula is C23H25NO4S. The molecule has 0 saturated heterocycles. The van der Waals surface area contributed by atoms with Gasteiger partial charge in [-0.15, -0.1) is 11.8 Å². The molecule has 0 aromatic heterocycles. The van der Waals surface area contributed by atoms with Crippen LogP contribution >= 0.6 is 11.8 Å². The van der Waals surface area contributed by atoms with Crippen molar-refractivity contribution in [3.63, 3.8) is 0 Å². The molecule has 0 unspecified atom stereocenters. The van der Waals surface area contributed by atoms with Gasteiger partial charge in [-0.05, 0) is 36.6 Å². The number of thioether (sulfide) groups is 1. The smallest absolute Gasteiger partial charge is 0.267 e. The van der Waals surface area contributed by atoms with Crippen molar-refractivity contribution in [3.8, 4) is 5.75 Å². The Bertz CT molecular complexity index is 878. The van der Waals surface area contributed by atoms with Crippen LogP contribution in [0.4, 0.5) is 0 Å². The lowest BCUT2D eigenvalue weighted by Crippen LogP contribution is -2.33. The van der Waals surface area contributed by atoms with Gasteiger partial charge >= 0.3 is 0 Å². The van der Waals surface area contributed by atoms with Crippen molar-refractivity contribution in [2.24, 2.45) is 0 Å². The second-order valence-corrected chi connectivity index (χ2v) is 7.50. The van der Waals surface area contributed by atoms with Gasteiger partial charge in [0, 0.05) is 25.5 Å². The van der Waals surface area contributed by atoms with Gasteiger partial charge in [-0.1, -0.05) is 42.5 Å². The molecule has 1 aliphatic rings. The van der Waals surface area contributed by atoms with Gasteiger partial charge in [-0.25, -0.2) is 0 Å². The minimum atomic E-state index is -0.243. The number of hydrogen-bond donors (Lipinski definition) is 0. The number of benzene rings is 2. The third-order valence-electron chi connectivity index (χ3n) is 4.60. The summed E-state index contributed by atoms with van der Waals surface area (Å²) in [5.41, 5.74) is 2.30. The fourth-order valence-electron chi connectivity index (χ4n) is 3.10. The lowest BCUT2D eigenvalue weighted by molar-refractivity contribution is -0.136. The van der Waals surface area contributed by atoms with E-state index in [1.165, 1.54) is 16.7 Å². The van der Waals surface area contributed by atoms with E-state index in [0.29, 0.717) is 48.2 Å². The third kappa shape index (κ3) is 5.08. The van der Waals surface area contributed by atoms with Crippen LogP contribution in [-0.2, 0) is 20.1 Å². The number of ether oxygens (including phenoxy) is 2. The Morgan fingerprint density at radius 3 is 2.34 bits per heavy atom. The zero-order valence-electron chi connectivity index (χ0n) is 16.7. The van der Waals surface area contributed by atoms with Gasteiger partial charge < -0.3 is 9.47 Å². The Morgan fingerprint density at radius 1 is 0.966 bits per heavy atom. The van der Waals surface area contributed by atoms with Crippen molar-refractivity contribution < 1.29 is 19.1 Å². The fraction of sp³-hybridized carbons (Fsp3) is 0.304. The number of amides is 2. The predicted molar refractivity (Wildman–Crippen MR) is 115 cm³/mol. The number of carbonyl (C=O) groups is 2. The molecule has 0 spiro atoms. The zero-order chi connectivity index (χ0) is 20.6. The summed E-state index contributed by atoms with van der Waals surface area (Å²) >= 11 is 1.41. The standard InChI is InChI=1S/C23H25NO4S/c1-3-28-15-7-14-24-22(25)20(18-10-12-19(27-2)13-11-18)21(23(24)26)29-16-17-8-5-4-6-9-17/h4-6,8-13H,3,7,14-16H2,1-2H3. The summed E-state index contributed by atoms with van der Waals surface area (Å²) in [7, 11) is 1.60. The maximum absolute atomic E-state index is 13.1. The van der Waals surface area contributed by atoms with Crippen LogP contribution in [0, 0.1) is 0 Å². The van der Waals surface area contributed by atoms with Gasteiger partial charge in [0.2, 0.25) is 0 Å². The van der Waals surface area contributed by atoms with Crippen molar-refractivity contribution >= 4 is 29.1 Å². The number of carbonyl (C=O) groups excluding carboxylic acids is 2. The molecule has 5 nitrogen and oxygen atoms in total. The highest BCUT2D eigenvalue weighted by molar-refractivity contribution is 8.03. The van der Waals surface area contributed by atoms with Crippen LogP contribution in [0.15, 0.2) is 59.5 Å². The van der Waals surface area contributed by atoms with E-state index in [2.05, 4.69) is 0 Å². The van der Waals surface area contributed by atoms with E-state index < -0.39 is 0 Å². The maximum atomic E-state index is 13.1. The van der Waals surface area contributed by atoms with Gasteiger partial charge in [-0.2, -0.15) is 0 Å². The molecule has 2 amide bonds. The van der Waals surface area contributed by atoms with Gasteiger partial charge in [0.15, 0.2) is 0 Å². The van der Waals surface area contributed by atoms with E-state index in [1.807, 2.05) is 49.4 Å². The zero-order valence-corrected chi connectivity index (χ0v) is 17.5. The highest BCUT2D eigenvalue weighted by atomic mass is 32.2. The molecule has 152 valence electrons. The molecule has 0 radical (unpaired) electrons. The molecule has 0 N–H and O–H groups in total. The summed E-state index contributed by atoms with van der Waals surface area (Å²) in [5, 5.41) is 0. The first-order chi connectivity index (χ1) is 14.2. The Hall–Kier alpha value is -2.57. The van der Waals surface area contributed by atoms with Gasteiger partial charge in [0.05, 0.1) is 17.6 Å². The molecule has 29 heavy (non-hydrogen) atoms. The number of methoxy groups -OCH3 is 1. The van der Waals surface area contributed by atoms with Crippen LogP contribution in [0.25, 0.3) is 5.57 Å². The summed E-state index contributed by atoms with van der Waals surface area (Å²) in [5.74, 6) is 0.866. The fourth-order valence-corrected chi connectivity index (χ4v) is 4.19. The largest absolute Gasteiger partial charge is 0.497 e. The molecule has 1 heterocycles. The molecule has 0 fully saturated rings. The number of rotatable bonds is 10. The SMILES string of the molecule is CCOCCCN1C(=O)C(SCc2ccccc2)=C(c2ccc(OC)cc2)C1=O. The molecule has 6 heteroatoms. The minimum Gasteiger partial charge on any atom is -0.497 e. The molecule has 0 bridgehead atoms. The molecule has 0 aliphatic carbocycles. The van der Waals surface area contributed by atoms with Crippen LogP contribution in [-0.4, -0.2) is 43.6 Å². The summed E-state index contributed by atoms with van der Waals surface area (Å²) in [6.07, 6.45) is 0.623. The molecule has 1 aliphatic heterocycles. The van der Waals surface area contributed by atoms with Crippen molar-refractivity contribution in [1.82, 2.24) is 4.90 Å². The molecule has 0 saturated carbocycles. The van der Waals surface area contributed by atoms with Crippen LogP contribution in [0.3, 0.4) is 0 Å². The summed E-state index contributed by atoms with van der Waals surface area (Å²) in [6.45, 7) is 3.42. The first-order valence-corrected chi connectivity index (χ1v) is 10.6. The van der Waals surface area contributed by atoms with Gasteiger partial charge in [0.25, 0.3) is 11.8 Å². The van der Waals surface area contributed by atoms with Crippen molar-refractivity contribution in [3.05, 3.63) is 70.6 Å². The normalized spacial score (nSPS) is 14.1. The van der Waals surface area contributed by atoms with Crippen LogP contribution in [0.2, 0.25) is 0 Å². The summed E-state index contributed by atoms with van der Waals surface area (Å²) in [6, 6.07) is 17.2. The first kappa shape index (κ1) is 21.1. The number of nitrogens with zero attached hydrogens (tertiary/aromatic N) is 1. The second-order valence-electron chi connectivity index (χ2n) is 6.52. The summed E-state index contributed by atoms with van der Waals surface area (Å²) in [4.78, 5) is 28.0. The van der Waals surface area contributed by atoms with Crippen LogP contribution in [0.5, 0.6) is 5.75 Å². The number of hydrogen-bond acceptors (Lipinski definition) is 5. The van der Waals surface area contributed by atoms with E-state index in [9.17, 15) is 9.59 Å². The van der Waals surface area contributed by atoms with Gasteiger partial charge in [-0.3, -0.25) is 14.5 Å². The minimum absolute atomic E-state index is 0.224. The van der Waals surface area contributed by atoms with E-state index >= 15 is 0 Å². The second kappa shape index (κ2) is 10.3. The van der Waals surface area contributed by atoms with Crippen molar-refractivity contribution in [2.75, 3.05) is 26.9 Å². The lowest BCUT2D eigenvalue weighted by Gasteiger charge is -2.15. The average molecular weight is 412 g/mol. The first-order valence-electron chi connectivity index (χ1n) is 9.65. The van der Waals surface area contributed by atoms with E-state index in [4.69, 9.17) is 9.47 Å². The monoisotopic (exact) mass is 411 g/mol. The third-order valence-corrected chi connectivity index (χ3v) is 5.75. The molecule has 0 atom stereocenters. The quantitative estimate of drug-likeness (QED) is 0.435. The van der Waals surface area contributed by atoms with Crippen LogP contribution in [0.1, 0.15) is 24.5 Å².